The van der Waals surface area contributed by atoms with Crippen molar-refractivity contribution in [2.45, 2.75) is 13.5 Å². The first kappa shape index (κ1) is 17.1. The van der Waals surface area contributed by atoms with Crippen molar-refractivity contribution in [1.82, 2.24) is 10.2 Å². The van der Waals surface area contributed by atoms with Gasteiger partial charge in [0, 0.05) is 32.7 Å². The van der Waals surface area contributed by atoms with E-state index in [-0.39, 0.29) is 0 Å². The van der Waals surface area contributed by atoms with Crippen molar-refractivity contribution in [3.8, 4) is 16.9 Å². The van der Waals surface area contributed by atoms with Gasteiger partial charge < -0.3 is 10.1 Å². The van der Waals surface area contributed by atoms with Gasteiger partial charge in [0.1, 0.15) is 5.75 Å². The van der Waals surface area contributed by atoms with E-state index in [9.17, 15) is 0 Å². The van der Waals surface area contributed by atoms with Crippen LogP contribution in [0.5, 0.6) is 5.75 Å². The largest absolute Gasteiger partial charge is 0.494 e. The van der Waals surface area contributed by atoms with Crippen LogP contribution in [0.2, 0.25) is 0 Å². The molecule has 134 valence electrons. The van der Waals surface area contributed by atoms with Gasteiger partial charge in [-0.25, -0.2) is 0 Å². The second kappa shape index (κ2) is 7.90. The smallest absolute Gasteiger partial charge is 0.119 e. The molecule has 1 N–H and O–H groups in total. The Morgan fingerprint density at radius 1 is 0.923 bits per heavy atom. The second-order valence-corrected chi connectivity index (χ2v) is 6.80. The highest BCUT2D eigenvalue weighted by molar-refractivity contribution is 5.98. The van der Waals surface area contributed by atoms with Gasteiger partial charge in [-0.1, -0.05) is 48.5 Å². The molecule has 0 unspecified atom stereocenters. The number of rotatable bonds is 5. The summed E-state index contributed by atoms with van der Waals surface area (Å²) in [5.74, 6) is 0.930. The van der Waals surface area contributed by atoms with Gasteiger partial charge in [0.15, 0.2) is 0 Å². The molecule has 1 fully saturated rings. The molecule has 4 rings (SSSR count). The van der Waals surface area contributed by atoms with Crippen LogP contribution in [0.3, 0.4) is 0 Å². The van der Waals surface area contributed by atoms with E-state index in [0.29, 0.717) is 6.61 Å². The highest BCUT2D eigenvalue weighted by Crippen LogP contribution is 2.33. The predicted molar refractivity (Wildman–Crippen MR) is 109 cm³/mol. The minimum absolute atomic E-state index is 0.688. The van der Waals surface area contributed by atoms with Gasteiger partial charge >= 0.3 is 0 Å². The van der Waals surface area contributed by atoms with Crippen LogP contribution in [0.1, 0.15) is 12.5 Å². The summed E-state index contributed by atoms with van der Waals surface area (Å²) in [6.07, 6.45) is 0. The molecule has 3 aromatic carbocycles. The zero-order chi connectivity index (χ0) is 17.8. The van der Waals surface area contributed by atoms with E-state index in [0.717, 1.165) is 38.5 Å². The maximum absolute atomic E-state index is 5.69. The van der Waals surface area contributed by atoms with Crippen molar-refractivity contribution < 1.29 is 4.74 Å². The van der Waals surface area contributed by atoms with Crippen LogP contribution in [0.25, 0.3) is 21.9 Å². The summed E-state index contributed by atoms with van der Waals surface area (Å²) in [5.41, 5.74) is 3.89. The quantitative estimate of drug-likeness (QED) is 0.745. The van der Waals surface area contributed by atoms with E-state index in [2.05, 4.69) is 64.8 Å². The maximum atomic E-state index is 5.69. The number of fused-ring (bicyclic) bond motifs is 1. The summed E-state index contributed by atoms with van der Waals surface area (Å²) >= 11 is 0. The fraction of sp³-hybridized carbons (Fsp3) is 0.304. The lowest BCUT2D eigenvalue weighted by Crippen LogP contribution is -2.42. The van der Waals surface area contributed by atoms with E-state index < -0.39 is 0 Å². The van der Waals surface area contributed by atoms with Gasteiger partial charge in [-0.05, 0) is 46.5 Å². The molecule has 26 heavy (non-hydrogen) atoms. The molecule has 0 radical (unpaired) electrons. The molecule has 3 nitrogen and oxygen atoms in total. The van der Waals surface area contributed by atoms with Crippen LogP contribution in [-0.4, -0.2) is 37.7 Å². The normalized spacial score (nSPS) is 15.3. The number of nitrogens with zero attached hydrogens (tertiary/aromatic N) is 1. The highest BCUT2D eigenvalue weighted by Gasteiger charge is 2.13. The molecule has 1 aliphatic rings. The van der Waals surface area contributed by atoms with Gasteiger partial charge in [-0.15, -0.1) is 0 Å². The van der Waals surface area contributed by atoms with Gasteiger partial charge in [-0.2, -0.15) is 0 Å². The Hall–Kier alpha value is -2.36. The number of ether oxygens (including phenoxy) is 1. The zero-order valence-electron chi connectivity index (χ0n) is 15.4. The van der Waals surface area contributed by atoms with E-state index >= 15 is 0 Å². The Labute approximate surface area is 155 Å². The average molecular weight is 346 g/mol. The molecule has 0 bridgehead atoms. The van der Waals surface area contributed by atoms with E-state index in [1.807, 2.05) is 13.0 Å². The third-order valence-electron chi connectivity index (χ3n) is 5.07. The first-order valence-electron chi connectivity index (χ1n) is 9.52. The molecule has 0 spiro atoms. The standard InChI is InChI=1S/C23H26N2O/c1-2-26-20-7-5-6-18(16-20)22-11-10-19(17-25-14-12-24-13-15-25)21-8-3-4-9-23(21)22/h3-11,16,24H,2,12-15,17H2,1H3. The van der Waals surface area contributed by atoms with E-state index in [4.69, 9.17) is 4.74 Å². The molecule has 1 heterocycles. The number of piperazine rings is 1. The third-order valence-corrected chi connectivity index (χ3v) is 5.07. The maximum Gasteiger partial charge on any atom is 0.119 e. The monoisotopic (exact) mass is 346 g/mol. The summed E-state index contributed by atoms with van der Waals surface area (Å²) in [5, 5.41) is 6.10. The topological polar surface area (TPSA) is 24.5 Å². The number of hydrogen-bond acceptors (Lipinski definition) is 3. The van der Waals surface area contributed by atoms with E-state index in [1.165, 1.54) is 27.5 Å². The Bertz CT molecular complexity index is 884. The third kappa shape index (κ3) is 3.59. The molecule has 1 aliphatic heterocycles. The van der Waals surface area contributed by atoms with Crippen molar-refractivity contribution in [3.63, 3.8) is 0 Å². The number of hydrogen-bond donors (Lipinski definition) is 1. The molecular formula is C23H26N2O. The lowest BCUT2D eigenvalue weighted by molar-refractivity contribution is 0.234. The van der Waals surface area contributed by atoms with Gasteiger partial charge in [0.05, 0.1) is 6.61 Å². The van der Waals surface area contributed by atoms with Crippen molar-refractivity contribution in [3.05, 3.63) is 66.2 Å². The lowest BCUT2D eigenvalue weighted by Gasteiger charge is -2.27. The molecule has 3 aromatic rings. The molecule has 0 saturated carbocycles. The van der Waals surface area contributed by atoms with Crippen molar-refractivity contribution in [2.24, 2.45) is 0 Å². The molecule has 3 heteroatoms. The average Bonchev–Trinajstić information content (AvgIpc) is 2.70. The van der Waals surface area contributed by atoms with Crippen LogP contribution in [0.15, 0.2) is 60.7 Å². The summed E-state index contributed by atoms with van der Waals surface area (Å²) in [6.45, 7) is 8.13. The number of benzene rings is 3. The summed E-state index contributed by atoms with van der Waals surface area (Å²) in [7, 11) is 0. The van der Waals surface area contributed by atoms with E-state index in [1.54, 1.807) is 0 Å². The Kier molecular flexibility index (Phi) is 5.19. The van der Waals surface area contributed by atoms with Crippen LogP contribution < -0.4 is 10.1 Å². The second-order valence-electron chi connectivity index (χ2n) is 6.80. The van der Waals surface area contributed by atoms with Crippen molar-refractivity contribution in [2.75, 3.05) is 32.8 Å². The Morgan fingerprint density at radius 3 is 2.54 bits per heavy atom. The minimum atomic E-state index is 0.688. The fourth-order valence-corrected chi connectivity index (χ4v) is 3.78. The lowest BCUT2D eigenvalue weighted by atomic mass is 9.94. The van der Waals surface area contributed by atoms with Crippen LogP contribution in [-0.2, 0) is 6.54 Å². The number of nitrogens with one attached hydrogen (secondary N) is 1. The van der Waals surface area contributed by atoms with Crippen LogP contribution in [0, 0.1) is 0 Å². The Balaban J connectivity index is 1.73. The molecule has 0 aliphatic carbocycles. The Morgan fingerprint density at radius 2 is 1.73 bits per heavy atom. The first-order chi connectivity index (χ1) is 12.8. The molecule has 0 amide bonds. The van der Waals surface area contributed by atoms with Crippen LogP contribution >= 0.6 is 0 Å². The molecule has 0 aromatic heterocycles. The summed E-state index contributed by atoms with van der Waals surface area (Å²) in [6, 6.07) is 21.7. The molecule has 0 atom stereocenters. The predicted octanol–water partition coefficient (Wildman–Crippen LogP) is 4.31. The molecular weight excluding hydrogens is 320 g/mol. The summed E-state index contributed by atoms with van der Waals surface area (Å²) < 4.78 is 5.69. The fourth-order valence-electron chi connectivity index (χ4n) is 3.78. The van der Waals surface area contributed by atoms with Gasteiger partial charge in [0.2, 0.25) is 0 Å². The molecule has 1 saturated heterocycles. The van der Waals surface area contributed by atoms with Crippen molar-refractivity contribution in [1.29, 1.82) is 0 Å². The minimum Gasteiger partial charge on any atom is -0.494 e. The zero-order valence-corrected chi connectivity index (χ0v) is 15.4. The van der Waals surface area contributed by atoms with Gasteiger partial charge in [-0.3, -0.25) is 4.90 Å². The first-order valence-corrected chi connectivity index (χ1v) is 9.52. The highest BCUT2D eigenvalue weighted by atomic mass is 16.5. The summed E-state index contributed by atoms with van der Waals surface area (Å²) in [4.78, 5) is 2.54. The van der Waals surface area contributed by atoms with Crippen molar-refractivity contribution >= 4 is 10.8 Å². The SMILES string of the molecule is CCOc1cccc(-c2ccc(CN3CCNCC3)c3ccccc23)c1. The van der Waals surface area contributed by atoms with Gasteiger partial charge in [0.25, 0.3) is 0 Å². The van der Waals surface area contributed by atoms with Crippen LogP contribution in [0.4, 0.5) is 0 Å².